The van der Waals surface area contributed by atoms with Crippen LogP contribution in [0.5, 0.6) is 0 Å². The monoisotopic (exact) mass is 254 g/mol. The third kappa shape index (κ3) is 4.25. The molecule has 2 rings (SSSR count). The first kappa shape index (κ1) is 13.8. The van der Waals surface area contributed by atoms with Gasteiger partial charge in [0.2, 0.25) is 5.91 Å². The molecule has 0 aromatic carbocycles. The zero-order valence-corrected chi connectivity index (χ0v) is 11.2. The lowest BCUT2D eigenvalue weighted by atomic mass is 10.1. The number of hydrogen-bond acceptors (Lipinski definition) is 3. The van der Waals surface area contributed by atoms with Crippen molar-refractivity contribution in [2.24, 2.45) is 0 Å². The number of hydrogen-bond donors (Lipinski definition) is 3. The van der Waals surface area contributed by atoms with Gasteiger partial charge in [-0.2, -0.15) is 0 Å². The Labute approximate surface area is 110 Å². The minimum absolute atomic E-state index is 0.0350. The minimum atomic E-state index is -0.358. The lowest BCUT2D eigenvalue weighted by molar-refractivity contribution is -0.122. The lowest BCUT2D eigenvalue weighted by Crippen LogP contribution is -2.47. The number of rotatable bonds is 4. The summed E-state index contributed by atoms with van der Waals surface area (Å²) in [6.45, 7) is 0.397. The first-order valence-electron chi connectivity index (χ1n) is 7.46. The van der Waals surface area contributed by atoms with Crippen LogP contribution in [0.15, 0.2) is 0 Å². The quantitative estimate of drug-likeness (QED) is 0.663. The maximum absolute atomic E-state index is 11.8. The summed E-state index contributed by atoms with van der Waals surface area (Å²) in [6.07, 6.45) is 9.68. The highest BCUT2D eigenvalue weighted by Gasteiger charge is 2.23. The number of nitrogens with one attached hydrogen (secondary N) is 2. The smallest absolute Gasteiger partial charge is 0.234 e. The van der Waals surface area contributed by atoms with E-state index in [9.17, 15) is 9.90 Å². The zero-order valence-electron chi connectivity index (χ0n) is 11.2. The van der Waals surface area contributed by atoms with Crippen molar-refractivity contribution < 1.29 is 9.90 Å². The largest absolute Gasteiger partial charge is 0.391 e. The summed E-state index contributed by atoms with van der Waals surface area (Å²) in [4.78, 5) is 11.8. The van der Waals surface area contributed by atoms with E-state index in [-0.39, 0.29) is 18.1 Å². The number of carbonyl (C=O) groups is 1. The Bertz CT molecular complexity index is 265. The van der Waals surface area contributed by atoms with Crippen LogP contribution < -0.4 is 10.6 Å². The van der Waals surface area contributed by atoms with Crippen molar-refractivity contribution in [3.8, 4) is 0 Å². The van der Waals surface area contributed by atoms with E-state index in [0.717, 1.165) is 25.7 Å². The first-order chi connectivity index (χ1) is 8.75. The Balaban J connectivity index is 1.68. The lowest BCUT2D eigenvalue weighted by Gasteiger charge is -2.22. The topological polar surface area (TPSA) is 61.4 Å². The highest BCUT2D eigenvalue weighted by molar-refractivity contribution is 5.78. The van der Waals surface area contributed by atoms with Crippen LogP contribution in [0.3, 0.4) is 0 Å². The Morgan fingerprint density at radius 2 is 1.67 bits per heavy atom. The van der Waals surface area contributed by atoms with Gasteiger partial charge in [-0.15, -0.1) is 0 Å². The van der Waals surface area contributed by atoms with E-state index >= 15 is 0 Å². The summed E-state index contributed by atoms with van der Waals surface area (Å²) < 4.78 is 0. The molecule has 0 heterocycles. The molecule has 0 radical (unpaired) electrons. The second-order valence-corrected chi connectivity index (χ2v) is 5.74. The molecule has 4 heteroatoms. The molecule has 0 aliphatic heterocycles. The molecule has 3 N–H and O–H groups in total. The predicted molar refractivity (Wildman–Crippen MR) is 71.3 cm³/mol. The van der Waals surface area contributed by atoms with E-state index in [1.165, 1.54) is 32.1 Å². The van der Waals surface area contributed by atoms with Crippen LogP contribution in [0.25, 0.3) is 0 Å². The van der Waals surface area contributed by atoms with Crippen LogP contribution in [0.2, 0.25) is 0 Å². The molecule has 1 amide bonds. The van der Waals surface area contributed by atoms with Gasteiger partial charge in [0.05, 0.1) is 18.7 Å². The molecule has 0 aromatic heterocycles. The average molecular weight is 254 g/mol. The molecule has 2 aliphatic carbocycles. The van der Waals surface area contributed by atoms with Crippen LogP contribution in [0.1, 0.15) is 57.8 Å². The summed E-state index contributed by atoms with van der Waals surface area (Å²) in [5.74, 6) is 0.0350. The summed E-state index contributed by atoms with van der Waals surface area (Å²) in [5.41, 5.74) is 0. The highest BCUT2D eigenvalue weighted by atomic mass is 16.3. The molecule has 0 saturated heterocycles. The van der Waals surface area contributed by atoms with Crippen LogP contribution in [-0.4, -0.2) is 35.7 Å². The molecular weight excluding hydrogens is 228 g/mol. The highest BCUT2D eigenvalue weighted by Crippen LogP contribution is 2.18. The average Bonchev–Trinajstić information content (AvgIpc) is 2.80. The van der Waals surface area contributed by atoms with Gasteiger partial charge in [-0.1, -0.05) is 32.1 Å². The van der Waals surface area contributed by atoms with E-state index in [1.54, 1.807) is 0 Å². The predicted octanol–water partition coefficient (Wildman–Crippen LogP) is 1.33. The number of aliphatic hydroxyl groups excluding tert-OH is 1. The maximum Gasteiger partial charge on any atom is 0.234 e. The molecule has 0 aromatic rings. The van der Waals surface area contributed by atoms with Gasteiger partial charge in [-0.3, -0.25) is 4.79 Å². The van der Waals surface area contributed by atoms with Gasteiger partial charge < -0.3 is 15.7 Å². The van der Waals surface area contributed by atoms with E-state index in [2.05, 4.69) is 10.6 Å². The fourth-order valence-electron chi connectivity index (χ4n) is 3.08. The summed E-state index contributed by atoms with van der Waals surface area (Å²) in [6, 6.07) is 0.486. The second kappa shape index (κ2) is 7.10. The van der Waals surface area contributed by atoms with Gasteiger partial charge in [0.25, 0.3) is 0 Å². The molecule has 2 saturated carbocycles. The normalized spacial score (nSPS) is 30.1. The number of carbonyl (C=O) groups excluding carboxylic acids is 1. The molecule has 2 fully saturated rings. The SMILES string of the molecule is O=C(CNC1CCCC1)NC1CCCCCC1O. The molecule has 0 bridgehead atoms. The van der Waals surface area contributed by atoms with Gasteiger partial charge in [0, 0.05) is 6.04 Å². The van der Waals surface area contributed by atoms with Crippen LogP contribution in [0.4, 0.5) is 0 Å². The molecule has 0 spiro atoms. The molecule has 4 nitrogen and oxygen atoms in total. The summed E-state index contributed by atoms with van der Waals surface area (Å²) in [7, 11) is 0. The van der Waals surface area contributed by atoms with Crippen LogP contribution in [0, 0.1) is 0 Å². The third-order valence-corrected chi connectivity index (χ3v) is 4.23. The molecule has 2 atom stereocenters. The van der Waals surface area contributed by atoms with E-state index in [0.29, 0.717) is 12.6 Å². The second-order valence-electron chi connectivity index (χ2n) is 5.74. The first-order valence-corrected chi connectivity index (χ1v) is 7.46. The van der Waals surface area contributed by atoms with Crippen molar-refractivity contribution in [2.75, 3.05) is 6.54 Å². The molecule has 2 unspecified atom stereocenters. The van der Waals surface area contributed by atoms with Crippen molar-refractivity contribution in [1.82, 2.24) is 10.6 Å². The van der Waals surface area contributed by atoms with Crippen LogP contribution in [-0.2, 0) is 4.79 Å². The fourth-order valence-corrected chi connectivity index (χ4v) is 3.08. The van der Waals surface area contributed by atoms with Crippen molar-refractivity contribution >= 4 is 5.91 Å². The molecule has 104 valence electrons. The van der Waals surface area contributed by atoms with E-state index < -0.39 is 0 Å². The van der Waals surface area contributed by atoms with Gasteiger partial charge >= 0.3 is 0 Å². The standard InChI is InChI=1S/C14H26N2O2/c17-13-9-3-1-2-8-12(13)16-14(18)10-15-11-6-4-5-7-11/h11-13,15,17H,1-10H2,(H,16,18). The van der Waals surface area contributed by atoms with Crippen molar-refractivity contribution in [3.05, 3.63) is 0 Å². The van der Waals surface area contributed by atoms with Crippen molar-refractivity contribution in [2.45, 2.75) is 76.0 Å². The Morgan fingerprint density at radius 3 is 2.44 bits per heavy atom. The number of amides is 1. The maximum atomic E-state index is 11.8. The minimum Gasteiger partial charge on any atom is -0.391 e. The molecule has 2 aliphatic rings. The number of aliphatic hydroxyl groups is 1. The summed E-state index contributed by atoms with van der Waals surface area (Å²) in [5, 5.41) is 16.2. The van der Waals surface area contributed by atoms with Gasteiger partial charge in [-0.25, -0.2) is 0 Å². The molecular formula is C14H26N2O2. The van der Waals surface area contributed by atoms with Crippen molar-refractivity contribution in [1.29, 1.82) is 0 Å². The Hall–Kier alpha value is -0.610. The van der Waals surface area contributed by atoms with Gasteiger partial charge in [0.15, 0.2) is 0 Å². The fraction of sp³-hybridized carbons (Fsp3) is 0.929. The Kier molecular flexibility index (Phi) is 5.45. The Morgan fingerprint density at radius 1 is 1.00 bits per heavy atom. The van der Waals surface area contributed by atoms with E-state index in [1.807, 2.05) is 0 Å². The zero-order chi connectivity index (χ0) is 12.8. The van der Waals surface area contributed by atoms with Crippen molar-refractivity contribution in [3.63, 3.8) is 0 Å². The van der Waals surface area contributed by atoms with Crippen LogP contribution >= 0.6 is 0 Å². The van der Waals surface area contributed by atoms with E-state index in [4.69, 9.17) is 0 Å². The summed E-state index contributed by atoms with van der Waals surface area (Å²) >= 11 is 0. The molecule has 18 heavy (non-hydrogen) atoms. The third-order valence-electron chi connectivity index (χ3n) is 4.23. The van der Waals surface area contributed by atoms with Gasteiger partial charge in [-0.05, 0) is 25.7 Å². The van der Waals surface area contributed by atoms with Gasteiger partial charge in [0.1, 0.15) is 0 Å².